The smallest absolute Gasteiger partial charge is 0.0585 e. The molecular weight excluding hydrogens is 528 g/mol. The molecule has 0 amide bonds. The molecule has 0 heterocycles. The summed E-state index contributed by atoms with van der Waals surface area (Å²) in [6.07, 6.45) is 11.5. The molecule has 0 fully saturated rings. The van der Waals surface area contributed by atoms with E-state index in [1.54, 1.807) is 13.8 Å². The average Bonchev–Trinajstić information content (AvgIpc) is 3.04. The Morgan fingerprint density at radius 3 is 0.864 bits per heavy atom. The highest BCUT2D eigenvalue weighted by atomic mass is 14.2. The van der Waals surface area contributed by atoms with E-state index in [-0.39, 0.29) is 0 Å². The van der Waals surface area contributed by atoms with Gasteiger partial charge in [0.2, 0.25) is 0 Å². The molecule has 0 atom stereocenters. The van der Waals surface area contributed by atoms with Crippen molar-refractivity contribution in [2.24, 2.45) is 0 Å². The molecule has 0 aliphatic carbocycles. The van der Waals surface area contributed by atoms with E-state index >= 15 is 0 Å². The highest BCUT2D eigenvalue weighted by molar-refractivity contribution is 5.73. The Kier molecular flexibility index (Phi) is 18.0. The number of benzene rings is 1. The zero-order chi connectivity index (χ0) is 32.1. The van der Waals surface area contributed by atoms with Crippen molar-refractivity contribution in [1.29, 1.82) is 0 Å². The van der Waals surface area contributed by atoms with Crippen LogP contribution >= 0.6 is 0 Å². The van der Waals surface area contributed by atoms with Crippen LogP contribution in [0.25, 0.3) is 0 Å². The van der Waals surface area contributed by atoms with E-state index < -0.39 is 0 Å². The molecule has 0 spiro atoms. The maximum Gasteiger partial charge on any atom is 0.0585 e. The Hall–Kier alpha value is -7.82. The van der Waals surface area contributed by atoms with Crippen LogP contribution in [-0.4, -0.2) is 0 Å². The van der Waals surface area contributed by atoms with Crippen molar-refractivity contribution >= 4 is 0 Å². The third-order valence-electron chi connectivity index (χ3n) is 4.69. The molecule has 0 aliphatic rings. The van der Waals surface area contributed by atoms with Crippen molar-refractivity contribution in [3.05, 3.63) is 33.4 Å². The van der Waals surface area contributed by atoms with Gasteiger partial charge in [-0.05, 0) is 180 Å². The molecule has 0 heteroatoms. The molecule has 1 aromatic carbocycles. The number of rotatable bonds is 2. The van der Waals surface area contributed by atoms with Crippen LogP contribution in [-0.2, 0) is 12.8 Å². The van der Waals surface area contributed by atoms with Gasteiger partial charge >= 0.3 is 0 Å². The van der Waals surface area contributed by atoms with E-state index in [2.05, 4.69) is 178 Å². The fourth-order valence-corrected chi connectivity index (χ4v) is 3.17. The summed E-state index contributed by atoms with van der Waals surface area (Å²) in [5.41, 5.74) is 4.25. The molecule has 1 aromatic rings. The highest BCUT2D eigenvalue weighted by Crippen LogP contribution is 2.28. The van der Waals surface area contributed by atoms with Crippen molar-refractivity contribution in [2.75, 3.05) is 0 Å². The molecule has 194 valence electrons. The van der Waals surface area contributed by atoms with Gasteiger partial charge in [0.1, 0.15) is 0 Å². The Bertz CT molecular complexity index is 2340. The maximum atomic E-state index is 5.16. The van der Waals surface area contributed by atoms with Crippen molar-refractivity contribution in [2.45, 2.75) is 40.5 Å². The van der Waals surface area contributed by atoms with Crippen LogP contribution in [0.2, 0.25) is 0 Å². The molecule has 0 bridgehead atoms. The van der Waals surface area contributed by atoms with Crippen LogP contribution in [0.1, 0.15) is 61.1 Å². The Balaban J connectivity index is 4.31. The summed E-state index contributed by atoms with van der Waals surface area (Å²) >= 11 is 0. The van der Waals surface area contributed by atoms with Crippen LogP contribution in [0, 0.1) is 190 Å². The third kappa shape index (κ3) is 12.8. The standard InChI is InChI=1S/C44H18/c1-7-13-17-21-24-26-30-32-36-42-40(12-6)39(11-5)41(35-31-27-20-16-10-4)43(37-33-28-23-19-15-9-3)44(42)38-34-29-25-22-18-14-8-2/h1,3H,11-12H2,2,4-6H3. The monoisotopic (exact) mass is 546 g/mol. The van der Waals surface area contributed by atoms with Gasteiger partial charge in [-0.25, -0.2) is 0 Å². The first-order valence-corrected chi connectivity index (χ1v) is 12.7. The van der Waals surface area contributed by atoms with Crippen molar-refractivity contribution < 1.29 is 0 Å². The van der Waals surface area contributed by atoms with Gasteiger partial charge < -0.3 is 0 Å². The molecule has 0 aliphatic heterocycles. The Morgan fingerprint density at radius 2 is 0.591 bits per heavy atom. The summed E-state index contributed by atoms with van der Waals surface area (Å²) in [5.74, 6) is 80.8. The first kappa shape index (κ1) is 34.2. The van der Waals surface area contributed by atoms with Crippen molar-refractivity contribution in [3.8, 4) is 190 Å². The largest absolute Gasteiger partial charge is 0.106 e. The van der Waals surface area contributed by atoms with E-state index in [0.29, 0.717) is 35.1 Å². The second-order valence-corrected chi connectivity index (χ2v) is 7.20. The number of terminal acetylenes is 2. The van der Waals surface area contributed by atoms with Gasteiger partial charge in [0.15, 0.2) is 0 Å². The highest BCUT2D eigenvalue weighted by Gasteiger charge is 2.19. The molecular formula is C44H18. The minimum Gasteiger partial charge on any atom is -0.106 e. The van der Waals surface area contributed by atoms with Crippen molar-refractivity contribution in [1.82, 2.24) is 0 Å². The summed E-state index contributed by atoms with van der Waals surface area (Å²) < 4.78 is 0. The Labute approximate surface area is 263 Å². The van der Waals surface area contributed by atoms with Gasteiger partial charge in [-0.2, -0.15) is 0 Å². The predicted octanol–water partition coefficient (Wildman–Crippen LogP) is 3.56. The number of hydrogen-bond acceptors (Lipinski definition) is 0. The van der Waals surface area contributed by atoms with Crippen LogP contribution in [0.3, 0.4) is 0 Å². The van der Waals surface area contributed by atoms with Crippen LogP contribution in [0.15, 0.2) is 0 Å². The molecule has 0 saturated heterocycles. The zero-order valence-corrected chi connectivity index (χ0v) is 24.6. The molecule has 0 radical (unpaired) electrons. The summed E-state index contributed by atoms with van der Waals surface area (Å²) in [5, 5.41) is 0. The van der Waals surface area contributed by atoms with E-state index in [0.717, 1.165) is 11.1 Å². The minimum absolute atomic E-state index is 0.518. The fourth-order valence-electron chi connectivity index (χ4n) is 3.17. The quantitative estimate of drug-likeness (QED) is 0.498. The van der Waals surface area contributed by atoms with E-state index in [9.17, 15) is 0 Å². The molecule has 0 unspecified atom stereocenters. The van der Waals surface area contributed by atoms with E-state index in [4.69, 9.17) is 12.8 Å². The van der Waals surface area contributed by atoms with Gasteiger partial charge in [0, 0.05) is 11.1 Å². The third-order valence-corrected chi connectivity index (χ3v) is 4.69. The van der Waals surface area contributed by atoms with E-state index in [1.165, 1.54) is 0 Å². The SMILES string of the molecule is C#CC#CC#CC#CC#Cc1c(C#CC#CC#CC#CC)c(C#CC#CC#CC#C)c(C#CC#CC#CC)c(CC)c1CC. The molecule has 44 heavy (non-hydrogen) atoms. The van der Waals surface area contributed by atoms with Gasteiger partial charge in [0.05, 0.1) is 11.1 Å². The van der Waals surface area contributed by atoms with Crippen LogP contribution < -0.4 is 0 Å². The first-order valence-electron chi connectivity index (χ1n) is 12.7. The second kappa shape index (κ2) is 23.1. The lowest BCUT2D eigenvalue weighted by atomic mass is 9.84. The normalized spacial score (nSPS) is 6.05. The predicted molar refractivity (Wildman–Crippen MR) is 179 cm³/mol. The van der Waals surface area contributed by atoms with E-state index in [1.807, 2.05) is 13.8 Å². The van der Waals surface area contributed by atoms with Gasteiger partial charge in [-0.3, -0.25) is 0 Å². The minimum atomic E-state index is 0.518. The Morgan fingerprint density at radius 1 is 0.341 bits per heavy atom. The molecule has 0 nitrogen and oxygen atoms in total. The van der Waals surface area contributed by atoms with Gasteiger partial charge in [0.25, 0.3) is 0 Å². The average molecular weight is 547 g/mol. The van der Waals surface area contributed by atoms with Crippen LogP contribution in [0.4, 0.5) is 0 Å². The van der Waals surface area contributed by atoms with Gasteiger partial charge in [-0.15, -0.1) is 12.8 Å². The molecule has 0 N–H and O–H groups in total. The molecule has 0 aromatic heterocycles. The van der Waals surface area contributed by atoms with Crippen molar-refractivity contribution in [3.63, 3.8) is 0 Å². The maximum absolute atomic E-state index is 5.16. The van der Waals surface area contributed by atoms with Gasteiger partial charge in [-0.1, -0.05) is 49.4 Å². The summed E-state index contributed by atoms with van der Waals surface area (Å²) in [6.45, 7) is 7.45. The lowest BCUT2D eigenvalue weighted by Gasteiger charge is -2.16. The molecule has 1 rings (SSSR count). The lowest BCUT2D eigenvalue weighted by Crippen LogP contribution is -2.07. The fraction of sp³-hybridized carbons (Fsp3) is 0.136. The first-order chi connectivity index (χ1) is 21.7. The molecule has 0 saturated carbocycles. The zero-order valence-electron chi connectivity index (χ0n) is 24.6. The second-order valence-electron chi connectivity index (χ2n) is 7.20. The topological polar surface area (TPSA) is 0 Å². The lowest BCUT2D eigenvalue weighted by molar-refractivity contribution is 1.02. The van der Waals surface area contributed by atoms with Crippen LogP contribution in [0.5, 0.6) is 0 Å². The summed E-state index contributed by atoms with van der Waals surface area (Å²) in [4.78, 5) is 0. The summed E-state index contributed by atoms with van der Waals surface area (Å²) in [6, 6.07) is 0. The number of hydrogen-bond donors (Lipinski definition) is 0. The summed E-state index contributed by atoms with van der Waals surface area (Å²) in [7, 11) is 0.